The van der Waals surface area contributed by atoms with Gasteiger partial charge in [0.05, 0.1) is 5.92 Å². The molecular weight excluding hydrogens is 304 g/mol. The molecular formula is C14H18N4O5. The number of nitrogens with two attached hydrogens (primary N) is 2. The second-order valence-electron chi connectivity index (χ2n) is 5.19. The number of aromatic nitrogens is 2. The van der Waals surface area contributed by atoms with Crippen LogP contribution in [0.4, 0.5) is 10.6 Å². The zero-order valence-electron chi connectivity index (χ0n) is 12.7. The van der Waals surface area contributed by atoms with Crippen LogP contribution in [0.5, 0.6) is 5.75 Å². The normalized spacial score (nSPS) is 14.1. The number of amides is 1. The van der Waals surface area contributed by atoms with Gasteiger partial charge in [-0.15, -0.1) is 0 Å². The number of primary amides is 1. The maximum atomic E-state index is 12.4. The van der Waals surface area contributed by atoms with Gasteiger partial charge >= 0.3 is 23.2 Å². The fraction of sp³-hybridized carbons (Fsp3) is 0.429. The van der Waals surface area contributed by atoms with Gasteiger partial charge in [0, 0.05) is 6.54 Å². The lowest BCUT2D eigenvalue weighted by molar-refractivity contribution is -0.138. The van der Waals surface area contributed by atoms with E-state index in [2.05, 4.69) is 0 Å². The molecule has 1 aromatic heterocycles. The number of hydrogen-bond acceptors (Lipinski definition) is 6. The van der Waals surface area contributed by atoms with Gasteiger partial charge in [-0.2, -0.15) is 4.57 Å². The van der Waals surface area contributed by atoms with Gasteiger partial charge in [-0.05, 0) is 19.3 Å². The highest BCUT2D eigenvalue weighted by molar-refractivity contribution is 5.81. The van der Waals surface area contributed by atoms with Crippen molar-refractivity contribution in [2.45, 2.75) is 32.7 Å². The van der Waals surface area contributed by atoms with E-state index in [9.17, 15) is 19.2 Å². The number of nitrogens with zero attached hydrogens (tertiary/aromatic N) is 2. The molecule has 1 amide bonds. The van der Waals surface area contributed by atoms with Crippen molar-refractivity contribution < 1.29 is 14.3 Å². The molecule has 2 rings (SSSR count). The van der Waals surface area contributed by atoms with Gasteiger partial charge in [-0.1, -0.05) is 19.1 Å². The maximum absolute atomic E-state index is 12.4. The monoisotopic (exact) mass is 322 g/mol. The Bertz CT molecular complexity index is 782. The number of hydrogen-bond donors (Lipinski definition) is 2. The van der Waals surface area contributed by atoms with Crippen LogP contribution in [-0.2, 0) is 11.3 Å². The topological polar surface area (TPSA) is 139 Å². The molecule has 0 fully saturated rings. The van der Waals surface area contributed by atoms with E-state index in [1.807, 2.05) is 12.2 Å². The number of anilines is 1. The Labute approximate surface area is 131 Å². The molecule has 9 nitrogen and oxygen atoms in total. The first-order chi connectivity index (χ1) is 10.9. The van der Waals surface area contributed by atoms with E-state index in [0.717, 1.165) is 4.57 Å². The summed E-state index contributed by atoms with van der Waals surface area (Å²) in [5, 5.41) is 0. The average Bonchev–Trinajstić information content (AvgIpc) is 3.02. The number of carbonyl (C=O) groups is 2. The molecule has 124 valence electrons. The SMILES string of the molecule is CCCn1c(=O)c(OC(=O)C2CC=CC2)c(N)n(C(N)=O)c1=O. The van der Waals surface area contributed by atoms with Crippen LogP contribution in [0.3, 0.4) is 0 Å². The number of rotatable bonds is 4. The summed E-state index contributed by atoms with van der Waals surface area (Å²) in [4.78, 5) is 48.0. The summed E-state index contributed by atoms with van der Waals surface area (Å²) < 4.78 is 6.29. The molecule has 23 heavy (non-hydrogen) atoms. The van der Waals surface area contributed by atoms with Gasteiger partial charge in [0.25, 0.3) is 0 Å². The Kier molecular flexibility index (Phi) is 4.68. The Morgan fingerprint density at radius 1 is 1.30 bits per heavy atom. The predicted octanol–water partition coefficient (Wildman–Crippen LogP) is -0.199. The van der Waals surface area contributed by atoms with Gasteiger partial charge < -0.3 is 16.2 Å². The van der Waals surface area contributed by atoms with Crippen molar-refractivity contribution >= 4 is 17.8 Å². The molecule has 9 heteroatoms. The van der Waals surface area contributed by atoms with Gasteiger partial charge in [0.2, 0.25) is 5.75 Å². The van der Waals surface area contributed by atoms with Crippen LogP contribution < -0.4 is 27.5 Å². The van der Waals surface area contributed by atoms with Crippen LogP contribution in [0.1, 0.15) is 26.2 Å². The maximum Gasteiger partial charge on any atom is 0.341 e. The molecule has 4 N–H and O–H groups in total. The molecule has 0 spiro atoms. The number of carbonyl (C=O) groups excluding carboxylic acids is 2. The van der Waals surface area contributed by atoms with E-state index in [-0.39, 0.29) is 6.54 Å². The summed E-state index contributed by atoms with van der Waals surface area (Å²) in [5.74, 6) is -2.17. The largest absolute Gasteiger partial charge is 0.416 e. The second kappa shape index (κ2) is 6.51. The van der Waals surface area contributed by atoms with Crippen molar-refractivity contribution in [1.82, 2.24) is 9.13 Å². The van der Waals surface area contributed by atoms with Crippen LogP contribution in [0, 0.1) is 5.92 Å². The minimum atomic E-state index is -1.16. The highest BCUT2D eigenvalue weighted by atomic mass is 16.5. The van der Waals surface area contributed by atoms with Gasteiger partial charge in [0.1, 0.15) is 0 Å². The van der Waals surface area contributed by atoms with Crippen molar-refractivity contribution in [3.05, 3.63) is 33.0 Å². The van der Waals surface area contributed by atoms with Gasteiger partial charge in [0.15, 0.2) is 5.82 Å². The van der Waals surface area contributed by atoms with E-state index < -0.39 is 40.7 Å². The van der Waals surface area contributed by atoms with Crippen LogP contribution in [-0.4, -0.2) is 21.1 Å². The number of ether oxygens (including phenoxy) is 1. The van der Waals surface area contributed by atoms with Crippen molar-refractivity contribution in [3.8, 4) is 5.75 Å². The molecule has 0 aliphatic heterocycles. The molecule has 1 heterocycles. The first-order valence-electron chi connectivity index (χ1n) is 7.20. The molecule has 0 saturated heterocycles. The fourth-order valence-electron chi connectivity index (χ4n) is 2.37. The molecule has 0 saturated carbocycles. The summed E-state index contributed by atoms with van der Waals surface area (Å²) >= 11 is 0. The van der Waals surface area contributed by atoms with Crippen molar-refractivity contribution in [3.63, 3.8) is 0 Å². The molecule has 1 aliphatic rings. The third kappa shape index (κ3) is 3.03. The quantitative estimate of drug-likeness (QED) is 0.581. The lowest BCUT2D eigenvalue weighted by Gasteiger charge is -2.15. The predicted molar refractivity (Wildman–Crippen MR) is 82.1 cm³/mol. The van der Waals surface area contributed by atoms with Crippen molar-refractivity contribution in [2.75, 3.05) is 5.73 Å². The third-order valence-corrected chi connectivity index (χ3v) is 3.55. The minimum absolute atomic E-state index is 0.0424. The fourth-order valence-corrected chi connectivity index (χ4v) is 2.37. The van der Waals surface area contributed by atoms with E-state index in [0.29, 0.717) is 23.8 Å². The summed E-state index contributed by atoms with van der Waals surface area (Å²) in [5.41, 5.74) is 8.97. The van der Waals surface area contributed by atoms with Gasteiger partial charge in [-0.25, -0.2) is 9.59 Å². The minimum Gasteiger partial charge on any atom is -0.416 e. The number of esters is 1. The average molecular weight is 322 g/mol. The molecule has 0 atom stereocenters. The van der Waals surface area contributed by atoms with E-state index in [1.54, 1.807) is 6.92 Å². The Hall–Kier alpha value is -2.84. The second-order valence-corrected chi connectivity index (χ2v) is 5.19. The summed E-state index contributed by atoms with van der Waals surface area (Å²) in [6.45, 7) is 1.79. The van der Waals surface area contributed by atoms with E-state index in [1.165, 1.54) is 0 Å². The summed E-state index contributed by atoms with van der Waals surface area (Å²) in [6.07, 6.45) is 5.11. The summed E-state index contributed by atoms with van der Waals surface area (Å²) in [7, 11) is 0. The lowest BCUT2D eigenvalue weighted by Crippen LogP contribution is -2.46. The molecule has 1 aliphatic carbocycles. The number of nitrogen functional groups attached to an aromatic ring is 1. The van der Waals surface area contributed by atoms with Gasteiger partial charge in [-0.3, -0.25) is 14.2 Å². The first kappa shape index (κ1) is 16.5. The van der Waals surface area contributed by atoms with Crippen LogP contribution in [0.15, 0.2) is 21.7 Å². The van der Waals surface area contributed by atoms with E-state index >= 15 is 0 Å². The van der Waals surface area contributed by atoms with E-state index in [4.69, 9.17) is 16.2 Å². The van der Waals surface area contributed by atoms with Crippen LogP contribution in [0.25, 0.3) is 0 Å². The third-order valence-electron chi connectivity index (χ3n) is 3.55. The first-order valence-corrected chi connectivity index (χ1v) is 7.20. The van der Waals surface area contributed by atoms with Crippen molar-refractivity contribution in [1.29, 1.82) is 0 Å². The highest BCUT2D eigenvalue weighted by Gasteiger charge is 2.27. The van der Waals surface area contributed by atoms with Crippen LogP contribution in [0.2, 0.25) is 0 Å². The standard InChI is InChI=1S/C14H18N4O5/c1-2-7-17-11(19)9(10(15)18(13(16)21)14(17)22)23-12(20)8-5-3-4-6-8/h3-4,8H,2,5-7,15H2,1H3,(H2,16,21). The van der Waals surface area contributed by atoms with Crippen LogP contribution >= 0.6 is 0 Å². The Balaban J connectivity index is 2.53. The summed E-state index contributed by atoms with van der Waals surface area (Å²) in [6, 6.07) is -1.16. The molecule has 0 radical (unpaired) electrons. The number of allylic oxidation sites excluding steroid dienone is 2. The highest BCUT2D eigenvalue weighted by Crippen LogP contribution is 2.22. The smallest absolute Gasteiger partial charge is 0.341 e. The van der Waals surface area contributed by atoms with Crippen molar-refractivity contribution in [2.24, 2.45) is 11.7 Å². The molecule has 0 unspecified atom stereocenters. The molecule has 0 bridgehead atoms. The Morgan fingerprint density at radius 2 is 1.91 bits per heavy atom. The zero-order chi connectivity index (χ0) is 17.1. The molecule has 1 aromatic rings. The lowest BCUT2D eigenvalue weighted by atomic mass is 10.1. The molecule has 0 aromatic carbocycles. The zero-order valence-corrected chi connectivity index (χ0v) is 12.7. The Morgan fingerprint density at radius 3 is 2.43 bits per heavy atom.